The van der Waals surface area contributed by atoms with Crippen LogP contribution in [0.4, 0.5) is 55.3 Å². The quantitative estimate of drug-likeness (QED) is 0.0499. The average molecular weight is 664 g/mol. The summed E-state index contributed by atoms with van der Waals surface area (Å²) in [6.45, 7) is 4.25. The number of para-hydroxylation sites is 1. The molecule has 4 aromatic carbocycles. The van der Waals surface area contributed by atoms with Gasteiger partial charge in [-0.05, 0) is 54.2 Å². The molecule has 0 aliphatic rings. The highest BCUT2D eigenvalue weighted by atomic mass is 19.2. The van der Waals surface area contributed by atoms with E-state index < -0.39 is 75.9 Å². The molecule has 0 aliphatic heterocycles. The summed E-state index contributed by atoms with van der Waals surface area (Å²) in [5.41, 5.74) is -2.39. The molecule has 4 aromatic rings. The van der Waals surface area contributed by atoms with Crippen LogP contribution in [-0.2, 0) is 0 Å². The van der Waals surface area contributed by atoms with Gasteiger partial charge in [-0.1, -0.05) is 45.9 Å². The number of rotatable bonds is 7. The van der Waals surface area contributed by atoms with Crippen LogP contribution in [0, 0.1) is 69.5 Å². The van der Waals surface area contributed by atoms with Crippen molar-refractivity contribution >= 4 is 35.0 Å². The number of benzene rings is 4. The van der Waals surface area contributed by atoms with Crippen LogP contribution >= 0.6 is 0 Å². The fraction of sp³-hybridized carbons (Fsp3) is 0.212. The van der Waals surface area contributed by atoms with E-state index in [0.29, 0.717) is 21.6 Å². The molecule has 0 amide bonds. The highest BCUT2D eigenvalue weighted by Crippen LogP contribution is 2.36. The number of anilines is 1. The van der Waals surface area contributed by atoms with Crippen LogP contribution in [0.25, 0.3) is 0 Å². The van der Waals surface area contributed by atoms with Gasteiger partial charge in [0.1, 0.15) is 30.1 Å². The lowest BCUT2D eigenvalue weighted by Gasteiger charge is -2.43. The zero-order chi connectivity index (χ0) is 35.1. The molecule has 47 heavy (non-hydrogen) atoms. The summed E-state index contributed by atoms with van der Waals surface area (Å²) in [6.07, 6.45) is 0. The van der Waals surface area contributed by atoms with E-state index in [1.54, 1.807) is 18.2 Å². The van der Waals surface area contributed by atoms with Crippen LogP contribution in [0.5, 0.6) is 0 Å². The van der Waals surface area contributed by atoms with Crippen molar-refractivity contribution in [2.24, 2.45) is 4.99 Å². The lowest BCUT2D eigenvalue weighted by atomic mass is 9.47. The molecule has 246 valence electrons. The molecule has 0 atom stereocenters. The normalized spacial score (nSPS) is 12.0. The first-order valence-corrected chi connectivity index (χ1v) is 14.2. The van der Waals surface area contributed by atoms with E-state index in [1.807, 2.05) is 33.8 Å². The highest BCUT2D eigenvalue weighted by Gasteiger charge is 2.36. The Morgan fingerprint density at radius 3 is 1.32 bits per heavy atom. The molecule has 0 spiro atoms. The van der Waals surface area contributed by atoms with Crippen molar-refractivity contribution in [3.63, 3.8) is 0 Å². The predicted molar refractivity (Wildman–Crippen MR) is 160 cm³/mol. The van der Waals surface area contributed by atoms with Crippen LogP contribution in [0.1, 0.15) is 63.1 Å². The number of nitrogens with zero attached hydrogens (tertiary/aromatic N) is 3. The van der Waals surface area contributed by atoms with Crippen LogP contribution in [0.15, 0.2) is 47.5 Å². The molecule has 4 rings (SSSR count). The summed E-state index contributed by atoms with van der Waals surface area (Å²) in [7, 11) is 0. The summed E-state index contributed by atoms with van der Waals surface area (Å²) in [4.78, 5) is 5.29. The molecule has 0 N–H and O–H groups in total. The number of amidine groups is 1. The van der Waals surface area contributed by atoms with Crippen molar-refractivity contribution < 1.29 is 43.9 Å². The standard InChI is InChI=1S/C33H25BF10N3/c1-14(2)19-7-6-8-20(15(3)4)33(19)46-16(5)47(18-11-9-17(13-45)10-12-18)34(21-23(35)27(39)31(43)28(40)24(21)36)22-25(37)29(41)32(44)30(42)26(22)38/h6-12,14-15,34H,1-5H3/q-1. The zero-order valence-electron chi connectivity index (χ0n) is 25.5. The lowest BCUT2D eigenvalue weighted by molar-refractivity contribution is 0.382. The van der Waals surface area contributed by atoms with Crippen LogP contribution < -0.4 is 15.7 Å². The third-order valence-corrected chi connectivity index (χ3v) is 7.90. The SMILES string of the molecule is CC(=Nc1c(C(C)C)cccc1C(C)C)N([BH-](c1c(F)c(F)c(F)c(F)c1F)c1c(F)c(F)c(F)c(F)c1F)c1ccc(C#N)cc1. The molecule has 0 aliphatic carbocycles. The second-order valence-electron chi connectivity index (χ2n) is 11.4. The van der Waals surface area contributed by atoms with Crippen LogP contribution in [0.3, 0.4) is 0 Å². The maximum absolute atomic E-state index is 15.6. The van der Waals surface area contributed by atoms with Crippen LogP contribution in [-0.4, -0.2) is 12.7 Å². The maximum Gasteiger partial charge on any atom is 0.200 e. The number of halogens is 10. The van der Waals surface area contributed by atoms with Crippen molar-refractivity contribution in [1.29, 1.82) is 5.26 Å². The molecule has 0 bridgehead atoms. The molecule has 0 fully saturated rings. The fourth-order valence-corrected chi connectivity index (χ4v) is 5.56. The molecule has 0 saturated carbocycles. The first-order chi connectivity index (χ1) is 22.0. The van der Waals surface area contributed by atoms with E-state index in [2.05, 4.69) is 4.99 Å². The van der Waals surface area contributed by atoms with Gasteiger partial charge in [-0.15, -0.1) is 10.9 Å². The Kier molecular flexibility index (Phi) is 10.1. The van der Waals surface area contributed by atoms with E-state index >= 15 is 17.6 Å². The third-order valence-electron chi connectivity index (χ3n) is 7.90. The largest absolute Gasteiger partial charge is 0.500 e. The summed E-state index contributed by atoms with van der Waals surface area (Å²) in [6, 6.07) is 11.5. The predicted octanol–water partition coefficient (Wildman–Crippen LogP) is 8.29. The van der Waals surface area contributed by atoms with Crippen molar-refractivity contribution in [3.05, 3.63) is 117 Å². The minimum absolute atomic E-state index is 0.0227. The van der Waals surface area contributed by atoms with Gasteiger partial charge in [0.05, 0.1) is 23.2 Å². The molecule has 0 saturated heterocycles. The number of aliphatic imine (C=N–C) groups is 1. The second-order valence-corrected chi connectivity index (χ2v) is 11.4. The van der Waals surface area contributed by atoms with Gasteiger partial charge in [0.25, 0.3) is 0 Å². The van der Waals surface area contributed by atoms with Crippen molar-refractivity contribution in [2.75, 3.05) is 4.81 Å². The topological polar surface area (TPSA) is 39.4 Å². The van der Waals surface area contributed by atoms with E-state index in [1.165, 1.54) is 6.92 Å². The van der Waals surface area contributed by atoms with Crippen LogP contribution in [0.2, 0.25) is 0 Å². The number of nitriles is 1. The summed E-state index contributed by atoms with van der Waals surface area (Å²) in [5, 5.41) is 9.30. The van der Waals surface area contributed by atoms with Gasteiger partial charge in [0, 0.05) is 5.69 Å². The van der Waals surface area contributed by atoms with Gasteiger partial charge >= 0.3 is 0 Å². The van der Waals surface area contributed by atoms with E-state index in [4.69, 9.17) is 0 Å². The summed E-state index contributed by atoms with van der Waals surface area (Å²) in [5.74, 6) is -26.2. The third kappa shape index (κ3) is 6.18. The zero-order valence-corrected chi connectivity index (χ0v) is 25.5. The Bertz CT molecular complexity index is 1780. The van der Waals surface area contributed by atoms with Gasteiger partial charge in [-0.25, -0.2) is 48.9 Å². The molecule has 3 nitrogen and oxygen atoms in total. The fourth-order valence-electron chi connectivity index (χ4n) is 5.56. The minimum atomic E-state index is -4.22. The molecule has 0 heterocycles. The van der Waals surface area contributed by atoms with Crippen molar-refractivity contribution in [3.8, 4) is 6.07 Å². The van der Waals surface area contributed by atoms with Gasteiger partial charge in [-0.2, -0.15) is 5.26 Å². The minimum Gasteiger partial charge on any atom is -0.500 e. The molecule has 14 heteroatoms. The molecule has 0 aromatic heterocycles. The molecule has 0 radical (unpaired) electrons. The second kappa shape index (κ2) is 13.5. The Morgan fingerprint density at radius 2 is 0.979 bits per heavy atom. The first kappa shape index (κ1) is 35.1. The van der Waals surface area contributed by atoms with Gasteiger partial charge in [0.2, 0.25) is 0 Å². The van der Waals surface area contributed by atoms with Gasteiger partial charge in [0.15, 0.2) is 34.9 Å². The monoisotopic (exact) mass is 664 g/mol. The van der Waals surface area contributed by atoms with Crippen molar-refractivity contribution in [2.45, 2.75) is 46.5 Å². The van der Waals surface area contributed by atoms with E-state index in [0.717, 1.165) is 24.3 Å². The van der Waals surface area contributed by atoms with E-state index in [-0.39, 0.29) is 28.9 Å². The molecular formula is C33H25BF10N3-. The smallest absolute Gasteiger partial charge is 0.200 e. The maximum atomic E-state index is 15.6. The summed E-state index contributed by atoms with van der Waals surface area (Å²) < 4.78 is 149. The average Bonchev–Trinajstić information content (AvgIpc) is 3.04. The Labute approximate surface area is 263 Å². The van der Waals surface area contributed by atoms with Gasteiger partial charge < -0.3 is 4.81 Å². The van der Waals surface area contributed by atoms with Gasteiger partial charge in [-0.3, -0.25) is 0 Å². The highest BCUT2D eigenvalue weighted by molar-refractivity contribution is 6.91. The van der Waals surface area contributed by atoms with Crippen molar-refractivity contribution in [1.82, 2.24) is 0 Å². The number of hydrogen-bond acceptors (Lipinski definition) is 2. The number of hydrogen-bond donors (Lipinski definition) is 0. The molecular weight excluding hydrogens is 639 g/mol. The lowest BCUT2D eigenvalue weighted by Crippen LogP contribution is -2.63. The Hall–Kier alpha value is -4.80. The Morgan fingerprint density at radius 1 is 0.617 bits per heavy atom. The Balaban J connectivity index is 2.25. The molecule has 0 unspecified atom stereocenters. The first-order valence-electron chi connectivity index (χ1n) is 14.2. The van der Waals surface area contributed by atoms with E-state index in [9.17, 15) is 31.6 Å². The summed E-state index contributed by atoms with van der Waals surface area (Å²) >= 11 is 0.